The number of hydrogen-bond acceptors (Lipinski definition) is 6. The molecule has 0 amide bonds. The number of piperidine rings is 1. The SMILES string of the molecule is Cc1cc(OCC2CCN(C=NN)CC2)cc(OS(=O)(=O)c2ccccc2Cl)c1. The first-order valence-electron chi connectivity index (χ1n) is 9.28. The number of aryl methyl sites for hydroxylation is 1. The van der Waals surface area contributed by atoms with Gasteiger partial charge in [-0.25, -0.2) is 0 Å². The van der Waals surface area contributed by atoms with Crippen LogP contribution in [0, 0.1) is 12.8 Å². The molecule has 0 aliphatic carbocycles. The Morgan fingerprint density at radius 1 is 1.21 bits per heavy atom. The standard InChI is InChI=1S/C20H24ClN3O4S/c1-15-10-17(27-13-16-6-8-24(9-7-16)14-23-22)12-18(11-15)28-29(25,26)20-5-3-2-4-19(20)21/h2-5,10-12,14,16H,6-9,13,22H2,1H3. The van der Waals surface area contributed by atoms with Crippen LogP contribution in [-0.2, 0) is 10.1 Å². The third kappa shape index (κ3) is 5.77. The minimum Gasteiger partial charge on any atom is -0.493 e. The molecule has 29 heavy (non-hydrogen) atoms. The summed E-state index contributed by atoms with van der Waals surface area (Å²) in [5.74, 6) is 6.36. The van der Waals surface area contributed by atoms with Gasteiger partial charge >= 0.3 is 10.1 Å². The van der Waals surface area contributed by atoms with Gasteiger partial charge in [0.25, 0.3) is 0 Å². The Morgan fingerprint density at radius 3 is 2.59 bits per heavy atom. The molecule has 0 atom stereocenters. The van der Waals surface area contributed by atoms with Crippen molar-refractivity contribution >= 4 is 28.1 Å². The molecule has 1 aliphatic rings. The molecule has 7 nitrogen and oxygen atoms in total. The smallest absolute Gasteiger partial charge is 0.340 e. The molecule has 2 aromatic carbocycles. The van der Waals surface area contributed by atoms with Crippen LogP contribution in [0.4, 0.5) is 0 Å². The van der Waals surface area contributed by atoms with Crippen molar-refractivity contribution in [2.24, 2.45) is 16.9 Å². The van der Waals surface area contributed by atoms with E-state index in [0.717, 1.165) is 31.5 Å². The van der Waals surface area contributed by atoms with Crippen molar-refractivity contribution in [3.8, 4) is 11.5 Å². The molecule has 0 aromatic heterocycles. The summed E-state index contributed by atoms with van der Waals surface area (Å²) in [4.78, 5) is 2.01. The first-order chi connectivity index (χ1) is 13.9. The highest BCUT2D eigenvalue weighted by molar-refractivity contribution is 7.87. The molecule has 0 spiro atoms. The van der Waals surface area contributed by atoms with Gasteiger partial charge in [0, 0.05) is 19.2 Å². The number of ether oxygens (including phenoxy) is 1. The average Bonchev–Trinajstić information content (AvgIpc) is 2.67. The van der Waals surface area contributed by atoms with Crippen LogP contribution in [0.15, 0.2) is 52.5 Å². The lowest BCUT2D eigenvalue weighted by Gasteiger charge is -2.30. The molecule has 9 heteroatoms. The Bertz CT molecular complexity index is 973. The summed E-state index contributed by atoms with van der Waals surface area (Å²) in [7, 11) is -4.04. The van der Waals surface area contributed by atoms with Crippen LogP contribution in [0.5, 0.6) is 11.5 Å². The first kappa shape index (κ1) is 21.3. The zero-order valence-electron chi connectivity index (χ0n) is 16.1. The van der Waals surface area contributed by atoms with Crippen LogP contribution >= 0.6 is 11.6 Å². The van der Waals surface area contributed by atoms with E-state index in [9.17, 15) is 8.42 Å². The van der Waals surface area contributed by atoms with Gasteiger partial charge in [-0.3, -0.25) is 0 Å². The van der Waals surface area contributed by atoms with Crippen LogP contribution in [0.25, 0.3) is 0 Å². The van der Waals surface area contributed by atoms with Crippen LogP contribution in [0.2, 0.25) is 5.02 Å². The summed E-state index contributed by atoms with van der Waals surface area (Å²) in [6, 6.07) is 11.2. The highest BCUT2D eigenvalue weighted by Crippen LogP contribution is 2.29. The second-order valence-electron chi connectivity index (χ2n) is 7.00. The predicted octanol–water partition coefficient (Wildman–Crippen LogP) is 3.41. The normalized spacial score (nSPS) is 15.6. The minimum atomic E-state index is -4.04. The lowest BCUT2D eigenvalue weighted by atomic mass is 9.98. The summed E-state index contributed by atoms with van der Waals surface area (Å²) in [5.41, 5.74) is 0.834. The van der Waals surface area contributed by atoms with Crippen LogP contribution in [0.1, 0.15) is 18.4 Å². The number of halogens is 1. The summed E-state index contributed by atoms with van der Waals surface area (Å²) in [6.07, 6.45) is 3.60. The van der Waals surface area contributed by atoms with Crippen molar-refractivity contribution in [2.45, 2.75) is 24.7 Å². The van der Waals surface area contributed by atoms with Gasteiger partial charge in [0.2, 0.25) is 0 Å². The Kier molecular flexibility index (Phi) is 6.87. The van der Waals surface area contributed by atoms with Crippen molar-refractivity contribution in [2.75, 3.05) is 19.7 Å². The molecule has 0 unspecified atom stereocenters. The Balaban J connectivity index is 1.65. The fourth-order valence-corrected chi connectivity index (χ4v) is 4.62. The summed E-state index contributed by atoms with van der Waals surface area (Å²) < 4.78 is 36.4. The number of hydrogen-bond donors (Lipinski definition) is 1. The number of rotatable bonds is 7. The molecule has 1 aliphatic heterocycles. The summed E-state index contributed by atoms with van der Waals surface area (Å²) in [5, 5.41) is 3.67. The van der Waals surface area contributed by atoms with E-state index in [0.29, 0.717) is 18.3 Å². The molecule has 0 radical (unpaired) electrons. The van der Waals surface area contributed by atoms with E-state index in [1.54, 1.807) is 30.6 Å². The molecule has 2 N–H and O–H groups in total. The van der Waals surface area contributed by atoms with Gasteiger partial charge in [0.1, 0.15) is 22.7 Å². The Labute approximate surface area is 176 Å². The third-order valence-electron chi connectivity index (χ3n) is 4.70. The second kappa shape index (κ2) is 9.37. The van der Waals surface area contributed by atoms with Gasteiger partial charge < -0.3 is 19.7 Å². The molecule has 3 rings (SSSR count). The molecule has 0 bridgehead atoms. The van der Waals surface area contributed by atoms with Gasteiger partial charge in [-0.1, -0.05) is 23.7 Å². The van der Waals surface area contributed by atoms with E-state index in [-0.39, 0.29) is 15.7 Å². The number of nitrogens with two attached hydrogens (primary N) is 1. The fourth-order valence-electron chi connectivity index (χ4n) is 3.21. The number of benzene rings is 2. The molecule has 1 saturated heterocycles. The quantitative estimate of drug-likeness (QED) is 0.234. The zero-order valence-corrected chi connectivity index (χ0v) is 17.7. The maximum atomic E-state index is 12.6. The first-order valence-corrected chi connectivity index (χ1v) is 11.1. The maximum absolute atomic E-state index is 12.6. The third-order valence-corrected chi connectivity index (χ3v) is 6.45. The number of likely N-dealkylation sites (tertiary alicyclic amines) is 1. The largest absolute Gasteiger partial charge is 0.493 e. The molecule has 156 valence electrons. The second-order valence-corrected chi connectivity index (χ2v) is 8.93. The highest BCUT2D eigenvalue weighted by Gasteiger charge is 2.21. The number of nitrogens with zero attached hydrogens (tertiary/aromatic N) is 2. The van der Waals surface area contributed by atoms with Crippen molar-refractivity contribution in [1.29, 1.82) is 0 Å². The lowest BCUT2D eigenvalue weighted by molar-refractivity contribution is 0.183. The van der Waals surface area contributed by atoms with E-state index in [1.807, 2.05) is 13.0 Å². The van der Waals surface area contributed by atoms with E-state index in [4.69, 9.17) is 26.4 Å². The van der Waals surface area contributed by atoms with Gasteiger partial charge in [0.05, 0.1) is 11.6 Å². The van der Waals surface area contributed by atoms with Gasteiger partial charge in [-0.2, -0.15) is 13.5 Å². The van der Waals surface area contributed by atoms with E-state index in [2.05, 4.69) is 10.0 Å². The minimum absolute atomic E-state index is 0.0709. The van der Waals surface area contributed by atoms with Crippen molar-refractivity contribution < 1.29 is 17.3 Å². The fraction of sp³-hybridized carbons (Fsp3) is 0.350. The lowest BCUT2D eigenvalue weighted by Crippen LogP contribution is -2.34. The topological polar surface area (TPSA) is 94.2 Å². The van der Waals surface area contributed by atoms with Crippen LogP contribution < -0.4 is 14.8 Å². The predicted molar refractivity (Wildman–Crippen MR) is 113 cm³/mol. The van der Waals surface area contributed by atoms with Crippen molar-refractivity contribution in [3.05, 3.63) is 53.1 Å². The molecular formula is C20H24ClN3O4S. The van der Waals surface area contributed by atoms with Gasteiger partial charge in [-0.15, -0.1) is 0 Å². The highest BCUT2D eigenvalue weighted by atomic mass is 35.5. The van der Waals surface area contributed by atoms with E-state index < -0.39 is 10.1 Å². The van der Waals surface area contributed by atoms with Crippen molar-refractivity contribution in [1.82, 2.24) is 4.90 Å². The average molecular weight is 438 g/mol. The molecule has 1 fully saturated rings. The molecule has 1 heterocycles. The Morgan fingerprint density at radius 2 is 1.90 bits per heavy atom. The van der Waals surface area contributed by atoms with Gasteiger partial charge in [0.15, 0.2) is 0 Å². The molecular weight excluding hydrogens is 414 g/mol. The Hall–Kier alpha value is -2.45. The summed E-state index contributed by atoms with van der Waals surface area (Å²) >= 11 is 6.00. The van der Waals surface area contributed by atoms with E-state index in [1.165, 1.54) is 12.1 Å². The van der Waals surface area contributed by atoms with Crippen molar-refractivity contribution in [3.63, 3.8) is 0 Å². The number of hydrazone groups is 1. The molecule has 2 aromatic rings. The van der Waals surface area contributed by atoms with E-state index >= 15 is 0 Å². The molecule has 0 saturated carbocycles. The van der Waals surface area contributed by atoms with Gasteiger partial charge in [-0.05, 0) is 55.5 Å². The summed E-state index contributed by atoms with van der Waals surface area (Å²) in [6.45, 7) is 4.17. The monoisotopic (exact) mass is 437 g/mol. The van der Waals surface area contributed by atoms with Crippen LogP contribution in [-0.4, -0.2) is 39.4 Å². The van der Waals surface area contributed by atoms with Crippen LogP contribution in [0.3, 0.4) is 0 Å². The zero-order chi connectivity index (χ0) is 20.9. The maximum Gasteiger partial charge on any atom is 0.340 e.